The molecule has 0 aliphatic carbocycles. The number of nitrogens with zero attached hydrogens (tertiary/aromatic N) is 1. The molecule has 90 valence electrons. The highest BCUT2D eigenvalue weighted by Gasteiger charge is 2.10. The Hall–Kier alpha value is -1.26. The molecule has 1 heterocycles. The Morgan fingerprint density at radius 3 is 2.82 bits per heavy atom. The fourth-order valence-corrected chi connectivity index (χ4v) is 2.40. The number of aryl methyl sites for hydroxylation is 1. The largest absolute Gasteiger partial charge is 0.304 e. The topological polar surface area (TPSA) is 24.9 Å². The Kier molecular flexibility index (Phi) is 3.86. The number of rotatable bonds is 4. The van der Waals surface area contributed by atoms with Gasteiger partial charge in [0.1, 0.15) is 10.8 Å². The van der Waals surface area contributed by atoms with Crippen molar-refractivity contribution >= 4 is 11.3 Å². The molecule has 0 saturated heterocycles. The van der Waals surface area contributed by atoms with E-state index in [2.05, 4.69) is 10.3 Å². The minimum atomic E-state index is -0.164. The van der Waals surface area contributed by atoms with Crippen molar-refractivity contribution < 1.29 is 4.39 Å². The highest BCUT2D eigenvalue weighted by atomic mass is 32.1. The van der Waals surface area contributed by atoms with Gasteiger partial charge in [-0.15, -0.1) is 11.3 Å². The van der Waals surface area contributed by atoms with Crippen LogP contribution >= 0.6 is 11.3 Å². The molecule has 2 aromatic rings. The maximum absolute atomic E-state index is 13.5. The second-order valence-corrected chi connectivity index (χ2v) is 5.31. The summed E-state index contributed by atoms with van der Waals surface area (Å²) in [6.45, 7) is 4.66. The van der Waals surface area contributed by atoms with Gasteiger partial charge in [0.05, 0.1) is 0 Å². The summed E-state index contributed by atoms with van der Waals surface area (Å²) < 4.78 is 13.5. The third kappa shape index (κ3) is 3.11. The van der Waals surface area contributed by atoms with Crippen LogP contribution in [0, 0.1) is 12.7 Å². The molecule has 0 aliphatic heterocycles. The van der Waals surface area contributed by atoms with E-state index in [1.165, 1.54) is 10.9 Å². The van der Waals surface area contributed by atoms with Crippen LogP contribution in [0.3, 0.4) is 0 Å². The lowest BCUT2D eigenvalue weighted by atomic mass is 10.1. The fraction of sp³-hybridized carbons (Fsp3) is 0.308. The maximum atomic E-state index is 13.5. The van der Waals surface area contributed by atoms with E-state index in [1.54, 1.807) is 23.5 Å². The highest BCUT2D eigenvalue weighted by molar-refractivity contribution is 7.11. The molecular formula is C13H15FN2S. The summed E-state index contributed by atoms with van der Waals surface area (Å²) in [6, 6.07) is 6.83. The first-order chi connectivity index (χ1) is 8.16. The third-order valence-corrected chi connectivity index (χ3v) is 3.51. The third-order valence-electron chi connectivity index (χ3n) is 2.60. The molecule has 0 bridgehead atoms. The molecule has 0 fully saturated rings. The molecule has 0 saturated carbocycles. The van der Waals surface area contributed by atoms with Crippen LogP contribution in [-0.2, 0) is 6.54 Å². The smallest absolute Gasteiger partial charge is 0.127 e. The van der Waals surface area contributed by atoms with Crippen LogP contribution in [0.4, 0.5) is 4.39 Å². The second kappa shape index (κ2) is 5.38. The molecule has 17 heavy (non-hydrogen) atoms. The van der Waals surface area contributed by atoms with Gasteiger partial charge >= 0.3 is 0 Å². The van der Waals surface area contributed by atoms with Gasteiger partial charge < -0.3 is 5.32 Å². The van der Waals surface area contributed by atoms with Crippen LogP contribution in [0.15, 0.2) is 30.5 Å². The number of aromatic nitrogens is 1. The second-order valence-electron chi connectivity index (χ2n) is 3.99. The van der Waals surface area contributed by atoms with E-state index in [9.17, 15) is 4.39 Å². The highest BCUT2D eigenvalue weighted by Crippen LogP contribution is 2.17. The summed E-state index contributed by atoms with van der Waals surface area (Å²) in [5.74, 6) is -0.164. The number of benzene rings is 1. The number of halogens is 1. The molecule has 1 N–H and O–H groups in total. The zero-order valence-electron chi connectivity index (χ0n) is 9.90. The zero-order chi connectivity index (χ0) is 12.3. The molecule has 0 radical (unpaired) electrons. The predicted octanol–water partition coefficient (Wildman–Crippen LogP) is 3.44. The molecule has 2 nitrogen and oxygen atoms in total. The van der Waals surface area contributed by atoms with Gasteiger partial charge in [-0.25, -0.2) is 9.37 Å². The van der Waals surface area contributed by atoms with Crippen LogP contribution in [0.1, 0.15) is 28.4 Å². The number of nitrogens with one attached hydrogen (secondary N) is 1. The van der Waals surface area contributed by atoms with Gasteiger partial charge in [0.15, 0.2) is 0 Å². The quantitative estimate of drug-likeness (QED) is 0.899. The molecular weight excluding hydrogens is 235 g/mol. The molecule has 2 rings (SSSR count). The number of thiazole rings is 1. The first-order valence-electron chi connectivity index (χ1n) is 5.56. The molecule has 1 aromatic carbocycles. The normalized spacial score (nSPS) is 12.6. The average molecular weight is 250 g/mol. The van der Waals surface area contributed by atoms with E-state index < -0.39 is 0 Å². The van der Waals surface area contributed by atoms with Gasteiger partial charge in [0, 0.05) is 29.2 Å². The van der Waals surface area contributed by atoms with Gasteiger partial charge in [-0.3, -0.25) is 0 Å². The lowest BCUT2D eigenvalue weighted by Gasteiger charge is -2.13. The molecule has 4 heteroatoms. The summed E-state index contributed by atoms with van der Waals surface area (Å²) in [5, 5.41) is 4.31. The van der Waals surface area contributed by atoms with Crippen molar-refractivity contribution in [3.63, 3.8) is 0 Å². The number of hydrogen-bond acceptors (Lipinski definition) is 3. The summed E-state index contributed by atoms with van der Waals surface area (Å²) in [7, 11) is 0. The molecule has 1 aromatic heterocycles. The van der Waals surface area contributed by atoms with Crippen molar-refractivity contribution in [1.29, 1.82) is 0 Å². The van der Waals surface area contributed by atoms with E-state index >= 15 is 0 Å². The molecule has 1 atom stereocenters. The van der Waals surface area contributed by atoms with Crippen molar-refractivity contribution in [2.75, 3.05) is 0 Å². The standard InChI is InChI=1S/C13H15FN2S/c1-9-7-16-13(17-9)8-15-10(2)11-5-3-4-6-12(11)14/h3-7,10,15H,8H2,1-2H3. The Bertz CT molecular complexity index is 496. The van der Waals surface area contributed by atoms with Crippen LogP contribution in [-0.4, -0.2) is 4.98 Å². The van der Waals surface area contributed by atoms with Gasteiger partial charge in [0.25, 0.3) is 0 Å². The first-order valence-corrected chi connectivity index (χ1v) is 6.37. The molecule has 1 unspecified atom stereocenters. The first kappa shape index (κ1) is 12.2. The SMILES string of the molecule is Cc1cnc(CNC(C)c2ccccc2F)s1. The average Bonchev–Trinajstić information content (AvgIpc) is 2.73. The van der Waals surface area contributed by atoms with E-state index in [0.29, 0.717) is 12.1 Å². The fourth-order valence-electron chi connectivity index (χ4n) is 1.66. The minimum absolute atomic E-state index is 0.0135. The van der Waals surface area contributed by atoms with Crippen LogP contribution < -0.4 is 5.32 Å². The van der Waals surface area contributed by atoms with Crippen molar-refractivity contribution in [3.8, 4) is 0 Å². The predicted molar refractivity (Wildman–Crippen MR) is 68.5 cm³/mol. The maximum Gasteiger partial charge on any atom is 0.127 e. The molecule has 0 aliphatic rings. The Balaban J connectivity index is 1.98. The minimum Gasteiger partial charge on any atom is -0.304 e. The van der Waals surface area contributed by atoms with Crippen molar-refractivity contribution in [1.82, 2.24) is 10.3 Å². The summed E-state index contributed by atoms with van der Waals surface area (Å²) in [5.41, 5.74) is 0.695. The Labute approximate surface area is 105 Å². The van der Waals surface area contributed by atoms with E-state index in [4.69, 9.17) is 0 Å². The van der Waals surface area contributed by atoms with Gasteiger partial charge in [0.2, 0.25) is 0 Å². The molecule has 0 amide bonds. The lowest BCUT2D eigenvalue weighted by Crippen LogP contribution is -2.18. The number of hydrogen-bond donors (Lipinski definition) is 1. The van der Waals surface area contributed by atoms with E-state index in [1.807, 2.05) is 26.1 Å². The lowest BCUT2D eigenvalue weighted by molar-refractivity contribution is 0.527. The van der Waals surface area contributed by atoms with Gasteiger partial charge in [-0.1, -0.05) is 18.2 Å². The van der Waals surface area contributed by atoms with Crippen molar-refractivity contribution in [2.45, 2.75) is 26.4 Å². The summed E-state index contributed by atoms with van der Waals surface area (Å²) >= 11 is 1.66. The van der Waals surface area contributed by atoms with Crippen LogP contribution in [0.5, 0.6) is 0 Å². The van der Waals surface area contributed by atoms with E-state index in [0.717, 1.165) is 5.01 Å². The van der Waals surface area contributed by atoms with Crippen LogP contribution in [0.25, 0.3) is 0 Å². The van der Waals surface area contributed by atoms with E-state index in [-0.39, 0.29) is 11.9 Å². The Morgan fingerprint density at radius 1 is 1.41 bits per heavy atom. The van der Waals surface area contributed by atoms with Crippen LogP contribution in [0.2, 0.25) is 0 Å². The summed E-state index contributed by atoms with van der Waals surface area (Å²) in [4.78, 5) is 5.46. The monoisotopic (exact) mass is 250 g/mol. The van der Waals surface area contributed by atoms with Gasteiger partial charge in [-0.2, -0.15) is 0 Å². The van der Waals surface area contributed by atoms with Gasteiger partial charge in [-0.05, 0) is 19.9 Å². The van der Waals surface area contributed by atoms with Crippen molar-refractivity contribution in [2.24, 2.45) is 0 Å². The molecule has 0 spiro atoms. The zero-order valence-corrected chi connectivity index (χ0v) is 10.7. The van der Waals surface area contributed by atoms with Crippen molar-refractivity contribution in [3.05, 3.63) is 51.7 Å². The summed E-state index contributed by atoms with van der Waals surface area (Å²) in [6.07, 6.45) is 1.86. The Morgan fingerprint density at radius 2 is 2.18 bits per heavy atom.